The Bertz CT molecular complexity index is 181. The minimum Gasteiger partial charge on any atom is -0.463 e. The number of rotatable bonds is 3. The van der Waals surface area contributed by atoms with Gasteiger partial charge in [0, 0.05) is 6.08 Å². The molecule has 1 aliphatic heterocycles. The fraction of sp³-hybridized carbons (Fsp3) is 0.625. The molecular weight excluding hydrogens is 160 g/mol. The molecule has 0 aromatic rings. The quantitative estimate of drug-likeness (QED) is 0.467. The van der Waals surface area contributed by atoms with E-state index in [1.165, 1.54) is 12.2 Å². The first-order valence-electron chi connectivity index (χ1n) is 3.88. The van der Waals surface area contributed by atoms with Gasteiger partial charge in [-0.25, -0.2) is 4.79 Å². The van der Waals surface area contributed by atoms with Crippen molar-refractivity contribution in [3.63, 3.8) is 0 Å². The monoisotopic (exact) mass is 172 g/mol. The van der Waals surface area contributed by atoms with Crippen molar-refractivity contribution >= 4 is 5.97 Å². The SMILES string of the molecule is CCOC(=O)/C=C\C1OC(C)O1. The van der Waals surface area contributed by atoms with Gasteiger partial charge in [-0.1, -0.05) is 0 Å². The summed E-state index contributed by atoms with van der Waals surface area (Å²) in [4.78, 5) is 10.7. The van der Waals surface area contributed by atoms with E-state index >= 15 is 0 Å². The van der Waals surface area contributed by atoms with E-state index in [-0.39, 0.29) is 18.5 Å². The van der Waals surface area contributed by atoms with Crippen molar-refractivity contribution in [2.45, 2.75) is 26.4 Å². The minimum atomic E-state index is -0.385. The van der Waals surface area contributed by atoms with E-state index in [4.69, 9.17) is 9.47 Å². The molecule has 1 heterocycles. The molecular formula is C8H12O4. The highest BCUT2D eigenvalue weighted by Gasteiger charge is 2.23. The van der Waals surface area contributed by atoms with Crippen LogP contribution in [0.2, 0.25) is 0 Å². The van der Waals surface area contributed by atoms with Gasteiger partial charge in [-0.05, 0) is 19.9 Å². The Labute approximate surface area is 71.1 Å². The smallest absolute Gasteiger partial charge is 0.330 e. The Morgan fingerprint density at radius 1 is 1.58 bits per heavy atom. The Kier molecular flexibility index (Phi) is 3.25. The fourth-order valence-corrected chi connectivity index (χ4v) is 0.826. The summed E-state index contributed by atoms with van der Waals surface area (Å²) in [6, 6.07) is 0. The molecule has 12 heavy (non-hydrogen) atoms. The molecule has 4 heteroatoms. The van der Waals surface area contributed by atoms with Crippen LogP contribution in [0.25, 0.3) is 0 Å². The van der Waals surface area contributed by atoms with Crippen molar-refractivity contribution in [3.05, 3.63) is 12.2 Å². The molecule has 0 radical (unpaired) electrons. The van der Waals surface area contributed by atoms with Crippen molar-refractivity contribution < 1.29 is 19.0 Å². The van der Waals surface area contributed by atoms with E-state index in [0.29, 0.717) is 6.61 Å². The predicted octanol–water partition coefficient (Wildman–Crippen LogP) is 0.825. The number of ether oxygens (including phenoxy) is 3. The maximum absolute atomic E-state index is 10.7. The molecule has 0 unspecified atom stereocenters. The number of carbonyl (C=O) groups excluding carboxylic acids is 1. The molecule has 0 aromatic heterocycles. The second kappa shape index (κ2) is 4.23. The van der Waals surface area contributed by atoms with Crippen molar-refractivity contribution in [2.24, 2.45) is 0 Å². The topological polar surface area (TPSA) is 44.8 Å². The van der Waals surface area contributed by atoms with E-state index < -0.39 is 0 Å². The van der Waals surface area contributed by atoms with Gasteiger partial charge in [-0.15, -0.1) is 0 Å². The summed E-state index contributed by atoms with van der Waals surface area (Å²) in [5.74, 6) is -0.371. The molecule has 0 aliphatic carbocycles. The molecule has 0 saturated carbocycles. The van der Waals surface area contributed by atoms with Crippen LogP contribution in [0.5, 0.6) is 0 Å². The van der Waals surface area contributed by atoms with Crippen molar-refractivity contribution in [3.8, 4) is 0 Å². The molecule has 1 fully saturated rings. The summed E-state index contributed by atoms with van der Waals surface area (Å²) in [6.45, 7) is 3.92. The molecule has 4 nitrogen and oxygen atoms in total. The highest BCUT2D eigenvalue weighted by atomic mass is 16.9. The van der Waals surface area contributed by atoms with Crippen LogP contribution >= 0.6 is 0 Å². The standard InChI is InChI=1S/C8H12O4/c1-3-10-7(9)4-5-8-11-6(2)12-8/h4-6,8H,3H2,1-2H3/b5-4-. The second-order valence-corrected chi connectivity index (χ2v) is 2.32. The fourth-order valence-electron chi connectivity index (χ4n) is 0.826. The molecule has 0 spiro atoms. The first-order chi connectivity index (χ1) is 5.72. The van der Waals surface area contributed by atoms with Gasteiger partial charge in [0.15, 0.2) is 12.6 Å². The summed E-state index contributed by atoms with van der Waals surface area (Å²) < 4.78 is 14.8. The first-order valence-corrected chi connectivity index (χ1v) is 3.88. The van der Waals surface area contributed by atoms with Crippen LogP contribution in [-0.2, 0) is 19.0 Å². The lowest BCUT2D eigenvalue weighted by atomic mass is 10.4. The Balaban J connectivity index is 2.17. The number of hydrogen-bond donors (Lipinski definition) is 0. The van der Waals surface area contributed by atoms with Gasteiger partial charge in [0.25, 0.3) is 0 Å². The van der Waals surface area contributed by atoms with Gasteiger partial charge < -0.3 is 14.2 Å². The number of hydrogen-bond acceptors (Lipinski definition) is 4. The Morgan fingerprint density at radius 2 is 2.25 bits per heavy atom. The zero-order valence-corrected chi connectivity index (χ0v) is 7.15. The maximum atomic E-state index is 10.7. The van der Waals surface area contributed by atoms with Crippen LogP contribution in [0.1, 0.15) is 13.8 Å². The van der Waals surface area contributed by atoms with E-state index in [2.05, 4.69) is 4.74 Å². The van der Waals surface area contributed by atoms with Crippen molar-refractivity contribution in [2.75, 3.05) is 6.61 Å². The molecule has 0 amide bonds. The largest absolute Gasteiger partial charge is 0.463 e. The molecule has 0 aromatic carbocycles. The maximum Gasteiger partial charge on any atom is 0.330 e. The summed E-state index contributed by atoms with van der Waals surface area (Å²) in [5.41, 5.74) is 0. The molecule has 0 bridgehead atoms. The second-order valence-electron chi connectivity index (χ2n) is 2.32. The van der Waals surface area contributed by atoms with Gasteiger partial charge in [-0.2, -0.15) is 0 Å². The third-order valence-electron chi connectivity index (χ3n) is 1.33. The summed E-state index contributed by atoms with van der Waals surface area (Å²) in [6.07, 6.45) is 2.28. The summed E-state index contributed by atoms with van der Waals surface area (Å²) in [7, 11) is 0. The van der Waals surface area contributed by atoms with Crippen molar-refractivity contribution in [1.82, 2.24) is 0 Å². The van der Waals surface area contributed by atoms with Gasteiger partial charge in [-0.3, -0.25) is 0 Å². The van der Waals surface area contributed by atoms with E-state index in [9.17, 15) is 4.79 Å². The van der Waals surface area contributed by atoms with E-state index in [1.807, 2.05) is 0 Å². The lowest BCUT2D eigenvalue weighted by Crippen LogP contribution is -2.37. The van der Waals surface area contributed by atoms with Crippen LogP contribution in [-0.4, -0.2) is 25.2 Å². The minimum absolute atomic E-state index is 0.165. The Morgan fingerprint density at radius 3 is 2.75 bits per heavy atom. The average Bonchev–Trinajstić information content (AvgIpc) is 1.96. The van der Waals surface area contributed by atoms with E-state index in [0.717, 1.165) is 0 Å². The molecule has 1 aliphatic rings. The lowest BCUT2D eigenvalue weighted by Gasteiger charge is -2.31. The third-order valence-corrected chi connectivity index (χ3v) is 1.33. The zero-order chi connectivity index (χ0) is 8.97. The van der Waals surface area contributed by atoms with Crippen LogP contribution in [0.4, 0.5) is 0 Å². The van der Waals surface area contributed by atoms with Gasteiger partial charge in [0.05, 0.1) is 6.61 Å². The van der Waals surface area contributed by atoms with Crippen LogP contribution in [0.15, 0.2) is 12.2 Å². The highest BCUT2D eigenvalue weighted by Crippen LogP contribution is 2.16. The number of esters is 1. The number of carbonyl (C=O) groups is 1. The third kappa shape index (κ3) is 2.64. The highest BCUT2D eigenvalue weighted by molar-refractivity contribution is 5.81. The summed E-state index contributed by atoms with van der Waals surface area (Å²) in [5, 5.41) is 0. The zero-order valence-electron chi connectivity index (χ0n) is 7.15. The normalized spacial score (nSPS) is 28.5. The van der Waals surface area contributed by atoms with Gasteiger partial charge in [0.1, 0.15) is 0 Å². The van der Waals surface area contributed by atoms with Crippen LogP contribution in [0, 0.1) is 0 Å². The van der Waals surface area contributed by atoms with Crippen LogP contribution < -0.4 is 0 Å². The molecule has 68 valence electrons. The molecule has 1 rings (SSSR count). The Hall–Kier alpha value is -0.870. The van der Waals surface area contributed by atoms with Crippen molar-refractivity contribution in [1.29, 1.82) is 0 Å². The summed E-state index contributed by atoms with van der Waals surface area (Å²) >= 11 is 0. The molecule has 0 atom stereocenters. The van der Waals surface area contributed by atoms with Crippen LogP contribution in [0.3, 0.4) is 0 Å². The van der Waals surface area contributed by atoms with E-state index in [1.54, 1.807) is 13.8 Å². The molecule has 1 saturated heterocycles. The predicted molar refractivity (Wildman–Crippen MR) is 41.2 cm³/mol. The lowest BCUT2D eigenvalue weighted by molar-refractivity contribution is -0.354. The average molecular weight is 172 g/mol. The van der Waals surface area contributed by atoms with Gasteiger partial charge in [0.2, 0.25) is 0 Å². The van der Waals surface area contributed by atoms with Gasteiger partial charge >= 0.3 is 5.97 Å². The molecule has 0 N–H and O–H groups in total. The first kappa shape index (κ1) is 9.22.